The summed E-state index contributed by atoms with van der Waals surface area (Å²) in [6, 6.07) is 15.2. The van der Waals surface area contributed by atoms with Crippen molar-refractivity contribution >= 4 is 0 Å². The molecule has 0 amide bonds. The number of rotatable bonds is 5. The number of hydrogen-bond acceptors (Lipinski definition) is 2. The average molecular weight is 338 g/mol. The third-order valence-electron chi connectivity index (χ3n) is 6.31. The Morgan fingerprint density at radius 2 is 1.32 bits per heavy atom. The van der Waals surface area contributed by atoms with Gasteiger partial charge in [-0.15, -0.1) is 0 Å². The van der Waals surface area contributed by atoms with Crippen molar-refractivity contribution in [1.82, 2.24) is 0 Å². The molecule has 0 aromatic heterocycles. The molecule has 2 nitrogen and oxygen atoms in total. The van der Waals surface area contributed by atoms with Crippen LogP contribution in [0.4, 0.5) is 0 Å². The summed E-state index contributed by atoms with van der Waals surface area (Å²) in [5.41, 5.74) is 2.33. The number of hydrogen-bond donors (Lipinski definition) is 2. The van der Waals surface area contributed by atoms with Crippen molar-refractivity contribution < 1.29 is 10.2 Å². The maximum absolute atomic E-state index is 9.66. The van der Waals surface area contributed by atoms with Gasteiger partial charge in [-0.1, -0.05) is 63.8 Å². The van der Waals surface area contributed by atoms with Crippen molar-refractivity contribution in [2.45, 2.75) is 57.8 Å². The average Bonchev–Trinajstić information content (AvgIpc) is 2.62. The molecule has 1 fully saturated rings. The Bertz CT molecular complexity index is 627. The highest BCUT2D eigenvalue weighted by Gasteiger charge is 2.31. The van der Waals surface area contributed by atoms with Gasteiger partial charge in [-0.25, -0.2) is 0 Å². The topological polar surface area (TPSA) is 40.5 Å². The van der Waals surface area contributed by atoms with Crippen molar-refractivity contribution in [3.63, 3.8) is 0 Å². The van der Waals surface area contributed by atoms with Crippen molar-refractivity contribution in [3.05, 3.63) is 59.7 Å². The monoisotopic (exact) mass is 338 g/mol. The van der Waals surface area contributed by atoms with Crippen LogP contribution in [0.15, 0.2) is 48.5 Å². The van der Waals surface area contributed by atoms with E-state index in [2.05, 4.69) is 13.8 Å². The molecule has 2 aromatic carbocycles. The molecule has 2 unspecified atom stereocenters. The van der Waals surface area contributed by atoms with Gasteiger partial charge < -0.3 is 10.2 Å². The van der Waals surface area contributed by atoms with E-state index in [1.165, 1.54) is 43.2 Å². The molecule has 0 bridgehead atoms. The van der Waals surface area contributed by atoms with Crippen LogP contribution in [0.5, 0.6) is 11.5 Å². The lowest BCUT2D eigenvalue weighted by Gasteiger charge is -2.35. The normalized spacial score (nSPS) is 21.2. The van der Waals surface area contributed by atoms with Crippen LogP contribution in [0.1, 0.15) is 63.5 Å². The highest BCUT2D eigenvalue weighted by Crippen LogP contribution is 2.41. The van der Waals surface area contributed by atoms with E-state index in [0.717, 1.165) is 18.3 Å². The lowest BCUT2D eigenvalue weighted by atomic mass is 9.69. The van der Waals surface area contributed by atoms with Crippen LogP contribution in [0, 0.1) is 11.8 Å². The fraction of sp³-hybridized carbons (Fsp3) is 0.478. The highest BCUT2D eigenvalue weighted by molar-refractivity contribution is 5.42. The van der Waals surface area contributed by atoms with Gasteiger partial charge in [0.15, 0.2) is 0 Å². The smallest absolute Gasteiger partial charge is 0.115 e. The summed E-state index contributed by atoms with van der Waals surface area (Å²) in [6.07, 6.45) is 7.76. The van der Waals surface area contributed by atoms with Crippen molar-refractivity contribution in [1.29, 1.82) is 0 Å². The SMILES string of the molecule is CC1CCCCC1CCC(C)(c1ccc(O)cc1)c1ccc(O)cc1. The molecule has 0 aliphatic heterocycles. The minimum absolute atomic E-state index is 0.113. The molecule has 2 aromatic rings. The van der Waals surface area contributed by atoms with Crippen LogP contribution in [0.3, 0.4) is 0 Å². The Hall–Kier alpha value is -1.96. The summed E-state index contributed by atoms with van der Waals surface area (Å²) in [5, 5.41) is 19.3. The number of phenolic OH excluding ortho intramolecular Hbond substituents is 2. The lowest BCUT2D eigenvalue weighted by Crippen LogP contribution is -2.26. The Morgan fingerprint density at radius 1 is 0.840 bits per heavy atom. The van der Waals surface area contributed by atoms with E-state index in [1.54, 1.807) is 24.3 Å². The predicted octanol–water partition coefficient (Wildman–Crippen LogP) is 6.01. The van der Waals surface area contributed by atoms with E-state index >= 15 is 0 Å². The zero-order valence-electron chi connectivity index (χ0n) is 15.4. The van der Waals surface area contributed by atoms with Crippen LogP contribution in [-0.2, 0) is 5.41 Å². The second kappa shape index (κ2) is 7.51. The number of aromatic hydroxyl groups is 2. The van der Waals surface area contributed by atoms with Gasteiger partial charge in [-0.3, -0.25) is 0 Å². The van der Waals surface area contributed by atoms with Gasteiger partial charge in [-0.2, -0.15) is 0 Å². The molecule has 0 radical (unpaired) electrons. The molecule has 2 N–H and O–H groups in total. The Balaban J connectivity index is 1.88. The first-order chi connectivity index (χ1) is 12.0. The first-order valence-corrected chi connectivity index (χ1v) is 9.58. The Morgan fingerprint density at radius 3 is 1.80 bits per heavy atom. The third kappa shape index (κ3) is 4.00. The van der Waals surface area contributed by atoms with Gasteiger partial charge in [-0.05, 0) is 60.1 Å². The number of benzene rings is 2. The molecule has 1 aliphatic carbocycles. The van der Waals surface area contributed by atoms with Crippen LogP contribution >= 0.6 is 0 Å². The van der Waals surface area contributed by atoms with E-state index in [-0.39, 0.29) is 5.41 Å². The summed E-state index contributed by atoms with van der Waals surface area (Å²) in [6.45, 7) is 4.70. The van der Waals surface area contributed by atoms with E-state index in [1.807, 2.05) is 24.3 Å². The minimum Gasteiger partial charge on any atom is -0.508 e. The lowest BCUT2D eigenvalue weighted by molar-refractivity contribution is 0.226. The van der Waals surface area contributed by atoms with E-state index in [4.69, 9.17) is 0 Å². The molecule has 1 aliphatic rings. The molecule has 134 valence electrons. The van der Waals surface area contributed by atoms with Crippen LogP contribution in [0.2, 0.25) is 0 Å². The van der Waals surface area contributed by atoms with Crippen LogP contribution in [-0.4, -0.2) is 10.2 Å². The third-order valence-corrected chi connectivity index (χ3v) is 6.31. The van der Waals surface area contributed by atoms with Gasteiger partial charge in [0.05, 0.1) is 0 Å². The summed E-state index contributed by atoms with van der Waals surface area (Å²) in [4.78, 5) is 0. The highest BCUT2D eigenvalue weighted by atomic mass is 16.3. The Labute approximate surface area is 151 Å². The zero-order valence-corrected chi connectivity index (χ0v) is 15.4. The molecular weight excluding hydrogens is 308 g/mol. The molecule has 2 heteroatoms. The first-order valence-electron chi connectivity index (χ1n) is 9.58. The fourth-order valence-electron chi connectivity index (χ4n) is 4.41. The molecule has 0 spiro atoms. The van der Waals surface area contributed by atoms with Crippen molar-refractivity contribution in [2.24, 2.45) is 11.8 Å². The quantitative estimate of drug-likeness (QED) is 0.701. The second-order valence-electron chi connectivity index (χ2n) is 7.99. The molecule has 2 atom stereocenters. The molecule has 3 rings (SSSR count). The van der Waals surface area contributed by atoms with Gasteiger partial charge in [0.2, 0.25) is 0 Å². The number of phenols is 2. The maximum atomic E-state index is 9.66. The van der Waals surface area contributed by atoms with Crippen molar-refractivity contribution in [3.8, 4) is 11.5 Å². The second-order valence-corrected chi connectivity index (χ2v) is 7.99. The summed E-state index contributed by atoms with van der Waals surface area (Å²) < 4.78 is 0. The Kier molecular flexibility index (Phi) is 5.36. The predicted molar refractivity (Wildman–Crippen MR) is 103 cm³/mol. The van der Waals surface area contributed by atoms with Crippen LogP contribution < -0.4 is 0 Å². The molecule has 25 heavy (non-hydrogen) atoms. The first kappa shape index (κ1) is 17.8. The summed E-state index contributed by atoms with van der Waals surface area (Å²) in [5.74, 6) is 2.23. The van der Waals surface area contributed by atoms with E-state index in [0.29, 0.717) is 11.5 Å². The van der Waals surface area contributed by atoms with Gasteiger partial charge >= 0.3 is 0 Å². The van der Waals surface area contributed by atoms with E-state index in [9.17, 15) is 10.2 Å². The fourth-order valence-corrected chi connectivity index (χ4v) is 4.41. The van der Waals surface area contributed by atoms with Gasteiger partial charge in [0, 0.05) is 5.41 Å². The van der Waals surface area contributed by atoms with Gasteiger partial charge in [0.1, 0.15) is 11.5 Å². The molecular formula is C23H30O2. The molecule has 1 saturated carbocycles. The summed E-state index contributed by atoms with van der Waals surface area (Å²) >= 11 is 0. The van der Waals surface area contributed by atoms with E-state index < -0.39 is 0 Å². The van der Waals surface area contributed by atoms with Crippen molar-refractivity contribution in [2.75, 3.05) is 0 Å². The standard InChI is InChI=1S/C23H30O2/c1-17-5-3-4-6-18(17)15-16-23(2,19-7-11-21(24)12-8-19)20-9-13-22(25)14-10-20/h7-14,17-18,24-25H,3-6,15-16H2,1-2H3. The maximum Gasteiger partial charge on any atom is 0.115 e. The van der Waals surface area contributed by atoms with Crippen LogP contribution in [0.25, 0.3) is 0 Å². The summed E-state index contributed by atoms with van der Waals surface area (Å²) in [7, 11) is 0. The largest absolute Gasteiger partial charge is 0.508 e. The minimum atomic E-state index is -0.113. The zero-order chi connectivity index (χ0) is 17.9. The molecule has 0 saturated heterocycles. The molecule has 0 heterocycles. The van der Waals surface area contributed by atoms with Gasteiger partial charge in [0.25, 0.3) is 0 Å².